The van der Waals surface area contributed by atoms with E-state index in [1.54, 1.807) is 0 Å². The first-order chi connectivity index (χ1) is 12.6. The van der Waals surface area contributed by atoms with Gasteiger partial charge in [-0.25, -0.2) is 0 Å². The minimum absolute atomic E-state index is 0.258. The SMILES string of the molecule is CCc1ccc(CNc2ccc(CC(=O)N3CCC(C)CC3)cc2)cc1. The van der Waals surface area contributed by atoms with Gasteiger partial charge in [-0.1, -0.05) is 50.2 Å². The van der Waals surface area contributed by atoms with Crippen LogP contribution in [0.1, 0.15) is 43.4 Å². The molecule has 1 fully saturated rings. The zero-order chi connectivity index (χ0) is 18.4. The van der Waals surface area contributed by atoms with Crippen LogP contribution in [0.5, 0.6) is 0 Å². The minimum Gasteiger partial charge on any atom is -0.381 e. The molecule has 1 heterocycles. The standard InChI is InChI=1S/C23H30N2O/c1-3-19-4-6-21(7-5-19)17-24-22-10-8-20(9-11-22)16-23(26)25-14-12-18(2)13-15-25/h4-11,18,24H,3,12-17H2,1-2H3. The van der Waals surface area contributed by atoms with Gasteiger partial charge in [0.1, 0.15) is 0 Å². The van der Waals surface area contributed by atoms with E-state index in [1.165, 1.54) is 11.1 Å². The van der Waals surface area contributed by atoms with E-state index in [2.05, 4.69) is 67.7 Å². The summed E-state index contributed by atoms with van der Waals surface area (Å²) < 4.78 is 0. The van der Waals surface area contributed by atoms with Gasteiger partial charge in [-0.2, -0.15) is 0 Å². The Kier molecular flexibility index (Phi) is 6.32. The lowest BCUT2D eigenvalue weighted by Gasteiger charge is -2.30. The number of benzene rings is 2. The highest BCUT2D eigenvalue weighted by atomic mass is 16.2. The van der Waals surface area contributed by atoms with Gasteiger partial charge in [0.15, 0.2) is 0 Å². The first kappa shape index (κ1) is 18.5. The second-order valence-corrected chi connectivity index (χ2v) is 7.46. The van der Waals surface area contributed by atoms with Crippen molar-refractivity contribution in [2.24, 2.45) is 5.92 Å². The Hall–Kier alpha value is -2.29. The molecule has 1 N–H and O–H groups in total. The van der Waals surface area contributed by atoms with Gasteiger partial charge in [0.25, 0.3) is 0 Å². The first-order valence-corrected chi connectivity index (χ1v) is 9.82. The number of amides is 1. The van der Waals surface area contributed by atoms with Crippen molar-refractivity contribution in [3.05, 3.63) is 65.2 Å². The molecule has 0 atom stereocenters. The summed E-state index contributed by atoms with van der Waals surface area (Å²) >= 11 is 0. The van der Waals surface area contributed by atoms with E-state index in [1.807, 2.05) is 4.90 Å². The number of hydrogen-bond donors (Lipinski definition) is 1. The maximum absolute atomic E-state index is 12.4. The number of hydrogen-bond acceptors (Lipinski definition) is 2. The monoisotopic (exact) mass is 350 g/mol. The molecule has 0 aromatic heterocycles. The average molecular weight is 351 g/mol. The third-order valence-corrected chi connectivity index (χ3v) is 5.37. The molecular weight excluding hydrogens is 320 g/mol. The molecular formula is C23H30N2O. The second-order valence-electron chi connectivity index (χ2n) is 7.46. The van der Waals surface area contributed by atoms with E-state index < -0.39 is 0 Å². The molecule has 0 unspecified atom stereocenters. The molecule has 1 amide bonds. The van der Waals surface area contributed by atoms with E-state index in [0.717, 1.165) is 56.1 Å². The van der Waals surface area contributed by atoms with Crippen molar-refractivity contribution in [1.82, 2.24) is 4.90 Å². The van der Waals surface area contributed by atoms with Crippen molar-refractivity contribution in [3.63, 3.8) is 0 Å². The minimum atomic E-state index is 0.258. The molecule has 1 saturated heterocycles. The normalized spacial score (nSPS) is 15.1. The molecule has 3 nitrogen and oxygen atoms in total. The Morgan fingerprint density at radius 1 is 0.962 bits per heavy atom. The summed E-state index contributed by atoms with van der Waals surface area (Å²) in [5.74, 6) is 1.01. The number of nitrogens with one attached hydrogen (secondary N) is 1. The van der Waals surface area contributed by atoms with Gasteiger partial charge in [0.05, 0.1) is 6.42 Å². The lowest BCUT2D eigenvalue weighted by molar-refractivity contribution is -0.131. The van der Waals surface area contributed by atoms with Crippen LogP contribution in [-0.2, 0) is 24.2 Å². The molecule has 0 radical (unpaired) electrons. The highest BCUT2D eigenvalue weighted by Crippen LogP contribution is 2.18. The lowest BCUT2D eigenvalue weighted by Crippen LogP contribution is -2.38. The molecule has 1 aliphatic heterocycles. The van der Waals surface area contributed by atoms with Crippen molar-refractivity contribution in [3.8, 4) is 0 Å². The van der Waals surface area contributed by atoms with Gasteiger partial charge < -0.3 is 10.2 Å². The first-order valence-electron chi connectivity index (χ1n) is 9.82. The summed E-state index contributed by atoms with van der Waals surface area (Å²) in [6.07, 6.45) is 3.85. The predicted molar refractivity (Wildman–Crippen MR) is 108 cm³/mol. The number of nitrogens with zero attached hydrogens (tertiary/aromatic N) is 1. The van der Waals surface area contributed by atoms with E-state index in [4.69, 9.17) is 0 Å². The van der Waals surface area contributed by atoms with Crippen LogP contribution < -0.4 is 5.32 Å². The highest BCUT2D eigenvalue weighted by Gasteiger charge is 2.20. The van der Waals surface area contributed by atoms with Crippen molar-refractivity contribution in [2.45, 2.75) is 46.1 Å². The van der Waals surface area contributed by atoms with Crippen molar-refractivity contribution in [2.75, 3.05) is 18.4 Å². The largest absolute Gasteiger partial charge is 0.381 e. The number of likely N-dealkylation sites (tertiary alicyclic amines) is 1. The fourth-order valence-corrected chi connectivity index (χ4v) is 3.38. The van der Waals surface area contributed by atoms with E-state index >= 15 is 0 Å². The summed E-state index contributed by atoms with van der Waals surface area (Å²) in [5.41, 5.74) is 4.82. The van der Waals surface area contributed by atoms with Crippen LogP contribution in [0.3, 0.4) is 0 Å². The van der Waals surface area contributed by atoms with Gasteiger partial charge in [0.2, 0.25) is 5.91 Å². The number of aryl methyl sites for hydroxylation is 1. The fourth-order valence-electron chi connectivity index (χ4n) is 3.38. The number of carbonyl (C=O) groups is 1. The zero-order valence-electron chi connectivity index (χ0n) is 16.0. The molecule has 3 rings (SSSR count). The van der Waals surface area contributed by atoms with Crippen molar-refractivity contribution in [1.29, 1.82) is 0 Å². The molecule has 0 bridgehead atoms. The molecule has 0 saturated carbocycles. The molecule has 138 valence electrons. The van der Waals surface area contributed by atoms with Crippen molar-refractivity contribution < 1.29 is 4.79 Å². The summed E-state index contributed by atoms with van der Waals surface area (Å²) in [6, 6.07) is 17.0. The Morgan fingerprint density at radius 2 is 1.54 bits per heavy atom. The maximum atomic E-state index is 12.4. The summed E-state index contributed by atoms with van der Waals surface area (Å²) in [6.45, 7) is 7.08. The van der Waals surface area contributed by atoms with E-state index in [0.29, 0.717) is 6.42 Å². The van der Waals surface area contributed by atoms with Gasteiger partial charge in [0, 0.05) is 25.3 Å². The van der Waals surface area contributed by atoms with Crippen molar-refractivity contribution >= 4 is 11.6 Å². The van der Waals surface area contributed by atoms with Crippen LogP contribution in [0, 0.1) is 5.92 Å². The topological polar surface area (TPSA) is 32.3 Å². The van der Waals surface area contributed by atoms with Crippen LogP contribution in [0.4, 0.5) is 5.69 Å². The zero-order valence-corrected chi connectivity index (χ0v) is 16.0. The molecule has 26 heavy (non-hydrogen) atoms. The van der Waals surface area contributed by atoms with Crippen LogP contribution in [0.2, 0.25) is 0 Å². The van der Waals surface area contributed by atoms with E-state index in [-0.39, 0.29) is 5.91 Å². The molecule has 2 aromatic carbocycles. The third-order valence-electron chi connectivity index (χ3n) is 5.37. The summed E-state index contributed by atoms with van der Waals surface area (Å²) in [7, 11) is 0. The van der Waals surface area contributed by atoms with Crippen LogP contribution in [0.25, 0.3) is 0 Å². The Morgan fingerprint density at radius 3 is 2.15 bits per heavy atom. The Labute approximate surface area is 157 Å². The molecule has 1 aliphatic rings. The fraction of sp³-hybridized carbons (Fsp3) is 0.435. The third kappa shape index (κ3) is 5.10. The van der Waals surface area contributed by atoms with Crippen LogP contribution in [0.15, 0.2) is 48.5 Å². The Bertz CT molecular complexity index is 698. The predicted octanol–water partition coefficient (Wildman–Crippen LogP) is 4.66. The number of anilines is 1. The molecule has 2 aromatic rings. The number of carbonyl (C=O) groups excluding carboxylic acids is 1. The average Bonchev–Trinajstić information content (AvgIpc) is 2.68. The van der Waals surface area contributed by atoms with Gasteiger partial charge >= 0.3 is 0 Å². The van der Waals surface area contributed by atoms with Gasteiger partial charge in [-0.05, 0) is 54.0 Å². The maximum Gasteiger partial charge on any atom is 0.226 e. The van der Waals surface area contributed by atoms with Gasteiger partial charge in [-0.3, -0.25) is 4.79 Å². The number of rotatable bonds is 6. The highest BCUT2D eigenvalue weighted by molar-refractivity contribution is 5.79. The second kappa shape index (κ2) is 8.88. The smallest absolute Gasteiger partial charge is 0.226 e. The summed E-state index contributed by atoms with van der Waals surface area (Å²) in [5, 5.41) is 3.45. The van der Waals surface area contributed by atoms with Crippen LogP contribution in [-0.4, -0.2) is 23.9 Å². The summed E-state index contributed by atoms with van der Waals surface area (Å²) in [4.78, 5) is 14.5. The van der Waals surface area contributed by atoms with Gasteiger partial charge in [-0.15, -0.1) is 0 Å². The quantitative estimate of drug-likeness (QED) is 0.821. The molecule has 0 aliphatic carbocycles. The molecule has 0 spiro atoms. The van der Waals surface area contributed by atoms with E-state index in [9.17, 15) is 4.79 Å². The Balaban J connectivity index is 1.49. The number of piperidine rings is 1. The lowest BCUT2D eigenvalue weighted by atomic mass is 9.98. The molecule has 3 heteroatoms. The van der Waals surface area contributed by atoms with Crippen LogP contribution >= 0.6 is 0 Å².